The summed E-state index contributed by atoms with van der Waals surface area (Å²) in [4.78, 5) is 37.4. The van der Waals surface area contributed by atoms with E-state index in [0.717, 1.165) is 24.2 Å². The maximum atomic E-state index is 12.4. The molecule has 1 fully saturated rings. The van der Waals surface area contributed by atoms with E-state index in [1.165, 1.54) is 4.90 Å². The van der Waals surface area contributed by atoms with Crippen LogP contribution in [0.4, 0.5) is 0 Å². The van der Waals surface area contributed by atoms with E-state index in [2.05, 4.69) is 5.32 Å². The number of nitrogens with two attached hydrogens (primary N) is 1. The Morgan fingerprint density at radius 2 is 2.00 bits per heavy atom. The van der Waals surface area contributed by atoms with Crippen LogP contribution in [0.5, 0.6) is 5.75 Å². The zero-order valence-corrected chi connectivity index (χ0v) is 15.4. The first-order valence-electron chi connectivity index (χ1n) is 8.94. The molecule has 142 valence electrons. The molecule has 0 bridgehead atoms. The number of nitrogens with zero attached hydrogens (tertiary/aromatic N) is 1. The molecule has 0 aliphatic carbocycles. The minimum absolute atomic E-state index is 0.172. The van der Waals surface area contributed by atoms with Crippen LogP contribution < -0.4 is 15.8 Å². The number of primary amides is 1. The maximum absolute atomic E-state index is 12.4. The van der Waals surface area contributed by atoms with Crippen molar-refractivity contribution in [3.63, 3.8) is 0 Å². The van der Waals surface area contributed by atoms with Crippen LogP contribution >= 0.6 is 0 Å². The average Bonchev–Trinajstić information content (AvgIpc) is 3.11. The molecular weight excluding hydrogens is 334 g/mol. The van der Waals surface area contributed by atoms with Gasteiger partial charge in [-0.15, -0.1) is 0 Å². The van der Waals surface area contributed by atoms with Crippen LogP contribution in [0.3, 0.4) is 0 Å². The van der Waals surface area contributed by atoms with Gasteiger partial charge in [0.1, 0.15) is 17.8 Å². The molecule has 7 heteroatoms. The Morgan fingerprint density at radius 1 is 1.31 bits per heavy atom. The number of carbonyl (C=O) groups excluding carboxylic acids is 3. The number of methoxy groups -OCH3 is 1. The smallest absolute Gasteiger partial charge is 0.245 e. The fourth-order valence-corrected chi connectivity index (χ4v) is 3.20. The number of ether oxygens (including phenoxy) is 1. The van der Waals surface area contributed by atoms with E-state index >= 15 is 0 Å². The molecule has 0 aromatic heterocycles. The molecule has 1 unspecified atom stereocenters. The molecule has 26 heavy (non-hydrogen) atoms. The van der Waals surface area contributed by atoms with Crippen LogP contribution in [0, 0.1) is 0 Å². The van der Waals surface area contributed by atoms with E-state index in [-0.39, 0.29) is 11.8 Å². The van der Waals surface area contributed by atoms with Gasteiger partial charge in [0.2, 0.25) is 17.7 Å². The van der Waals surface area contributed by atoms with Gasteiger partial charge in [-0.05, 0) is 50.3 Å². The molecule has 3 amide bonds. The lowest BCUT2D eigenvalue weighted by Crippen LogP contribution is -2.51. The first kappa shape index (κ1) is 19.8. The van der Waals surface area contributed by atoms with Crippen molar-refractivity contribution in [3.05, 3.63) is 29.8 Å². The van der Waals surface area contributed by atoms with Crippen LogP contribution in [-0.2, 0) is 20.8 Å². The summed E-state index contributed by atoms with van der Waals surface area (Å²) in [5, 5.41) is 2.72. The van der Waals surface area contributed by atoms with Crippen molar-refractivity contribution in [2.75, 3.05) is 13.7 Å². The SMILES string of the molecule is COc1ccc(CCCC(=O)NC(C)C(=O)N2CCC[C@H]2C(N)=O)cc1. The van der Waals surface area contributed by atoms with Crippen LogP contribution in [0.2, 0.25) is 0 Å². The molecular formula is C19H27N3O4. The molecule has 1 aliphatic rings. The second kappa shape index (κ2) is 9.22. The molecule has 0 radical (unpaired) electrons. The highest BCUT2D eigenvalue weighted by Crippen LogP contribution is 2.18. The molecule has 0 saturated carbocycles. The van der Waals surface area contributed by atoms with Crippen molar-refractivity contribution in [2.45, 2.75) is 51.1 Å². The second-order valence-corrected chi connectivity index (χ2v) is 6.58. The Balaban J connectivity index is 1.75. The predicted molar refractivity (Wildman–Crippen MR) is 97.5 cm³/mol. The van der Waals surface area contributed by atoms with Crippen LogP contribution in [0.1, 0.15) is 38.2 Å². The lowest BCUT2D eigenvalue weighted by atomic mass is 10.1. The van der Waals surface area contributed by atoms with Crippen LogP contribution in [-0.4, -0.2) is 48.4 Å². The van der Waals surface area contributed by atoms with Crippen LogP contribution in [0.15, 0.2) is 24.3 Å². The van der Waals surface area contributed by atoms with Crippen LogP contribution in [0.25, 0.3) is 0 Å². The summed E-state index contributed by atoms with van der Waals surface area (Å²) in [6.07, 6.45) is 3.14. The van der Waals surface area contributed by atoms with Crippen molar-refractivity contribution in [1.82, 2.24) is 10.2 Å². The molecule has 3 N–H and O–H groups in total. The first-order valence-corrected chi connectivity index (χ1v) is 8.94. The molecule has 1 aromatic rings. The number of hydrogen-bond donors (Lipinski definition) is 2. The predicted octanol–water partition coefficient (Wildman–Crippen LogP) is 0.999. The summed E-state index contributed by atoms with van der Waals surface area (Å²) >= 11 is 0. The highest BCUT2D eigenvalue weighted by molar-refractivity contribution is 5.91. The van der Waals surface area contributed by atoms with Gasteiger partial charge in [-0.25, -0.2) is 0 Å². The highest BCUT2D eigenvalue weighted by Gasteiger charge is 2.34. The van der Waals surface area contributed by atoms with Crippen molar-refractivity contribution in [2.24, 2.45) is 5.73 Å². The van der Waals surface area contributed by atoms with Gasteiger partial charge in [0.15, 0.2) is 0 Å². The topological polar surface area (TPSA) is 102 Å². The molecule has 7 nitrogen and oxygen atoms in total. The monoisotopic (exact) mass is 361 g/mol. The van der Waals surface area contributed by atoms with Gasteiger partial charge in [-0.3, -0.25) is 14.4 Å². The third kappa shape index (κ3) is 5.21. The van der Waals surface area contributed by atoms with E-state index in [1.54, 1.807) is 14.0 Å². The van der Waals surface area contributed by atoms with Gasteiger partial charge < -0.3 is 20.7 Å². The fraction of sp³-hybridized carbons (Fsp3) is 0.526. The Kier molecular flexibility index (Phi) is 7.00. The minimum atomic E-state index is -0.663. The Hall–Kier alpha value is -2.57. The van der Waals surface area contributed by atoms with E-state index in [0.29, 0.717) is 25.8 Å². The Labute approximate surface area is 153 Å². The normalized spacial score (nSPS) is 17.6. The molecule has 0 spiro atoms. The quantitative estimate of drug-likeness (QED) is 0.721. The summed E-state index contributed by atoms with van der Waals surface area (Å²) in [5.74, 6) is -0.118. The standard InChI is InChI=1S/C19H27N3O4/c1-13(19(25)22-12-4-6-16(22)18(20)24)21-17(23)7-3-5-14-8-10-15(26-2)11-9-14/h8-11,13,16H,3-7,12H2,1-2H3,(H2,20,24)(H,21,23)/t13?,16-/m0/s1. The Bertz CT molecular complexity index is 645. The van der Waals surface area contributed by atoms with Crippen molar-refractivity contribution < 1.29 is 19.1 Å². The number of rotatable bonds is 8. The molecule has 1 aromatic carbocycles. The van der Waals surface area contributed by atoms with Gasteiger partial charge in [0.05, 0.1) is 7.11 Å². The summed E-state index contributed by atoms with van der Waals surface area (Å²) < 4.78 is 5.11. The van der Waals surface area contributed by atoms with Gasteiger partial charge in [-0.1, -0.05) is 12.1 Å². The van der Waals surface area contributed by atoms with Crippen molar-refractivity contribution in [1.29, 1.82) is 0 Å². The van der Waals surface area contributed by atoms with Gasteiger partial charge in [0.25, 0.3) is 0 Å². The molecule has 2 rings (SSSR count). The third-order valence-corrected chi connectivity index (χ3v) is 4.64. The largest absolute Gasteiger partial charge is 0.497 e. The lowest BCUT2D eigenvalue weighted by molar-refractivity contribution is -0.140. The zero-order chi connectivity index (χ0) is 19.1. The third-order valence-electron chi connectivity index (χ3n) is 4.64. The number of amides is 3. The second-order valence-electron chi connectivity index (χ2n) is 6.58. The number of aryl methyl sites for hydroxylation is 1. The van der Waals surface area contributed by atoms with Crippen molar-refractivity contribution in [3.8, 4) is 5.75 Å². The van der Waals surface area contributed by atoms with Gasteiger partial charge in [-0.2, -0.15) is 0 Å². The van der Waals surface area contributed by atoms with E-state index in [4.69, 9.17) is 10.5 Å². The number of carbonyl (C=O) groups is 3. The lowest BCUT2D eigenvalue weighted by Gasteiger charge is -2.25. The number of nitrogens with one attached hydrogen (secondary N) is 1. The number of likely N-dealkylation sites (tertiary alicyclic amines) is 1. The Morgan fingerprint density at radius 3 is 2.62 bits per heavy atom. The van der Waals surface area contributed by atoms with Crippen molar-refractivity contribution >= 4 is 17.7 Å². The van der Waals surface area contributed by atoms with E-state index < -0.39 is 18.0 Å². The van der Waals surface area contributed by atoms with E-state index in [9.17, 15) is 14.4 Å². The number of benzene rings is 1. The summed E-state index contributed by atoms with van der Waals surface area (Å²) in [5.41, 5.74) is 6.47. The molecule has 2 atom stereocenters. The van der Waals surface area contributed by atoms with Gasteiger partial charge in [0, 0.05) is 13.0 Å². The summed E-state index contributed by atoms with van der Waals surface area (Å²) in [7, 11) is 1.62. The summed E-state index contributed by atoms with van der Waals surface area (Å²) in [6, 6.07) is 6.50. The zero-order valence-electron chi connectivity index (χ0n) is 15.4. The van der Waals surface area contributed by atoms with E-state index in [1.807, 2.05) is 24.3 Å². The minimum Gasteiger partial charge on any atom is -0.497 e. The molecule has 1 heterocycles. The fourth-order valence-electron chi connectivity index (χ4n) is 3.20. The molecule has 1 aliphatic heterocycles. The maximum Gasteiger partial charge on any atom is 0.245 e. The average molecular weight is 361 g/mol. The molecule has 1 saturated heterocycles. The number of hydrogen-bond acceptors (Lipinski definition) is 4. The highest BCUT2D eigenvalue weighted by atomic mass is 16.5. The summed E-state index contributed by atoms with van der Waals surface area (Å²) in [6.45, 7) is 2.14. The van der Waals surface area contributed by atoms with Gasteiger partial charge >= 0.3 is 0 Å². The first-order chi connectivity index (χ1) is 12.4.